The van der Waals surface area contributed by atoms with Gasteiger partial charge in [-0.1, -0.05) is 18.2 Å². The molecule has 1 amide bonds. The van der Waals surface area contributed by atoms with Gasteiger partial charge < -0.3 is 10.0 Å². The maximum atomic E-state index is 13.1. The molecule has 2 saturated heterocycles. The van der Waals surface area contributed by atoms with E-state index in [9.17, 15) is 23.6 Å². The zero-order valence-electron chi connectivity index (χ0n) is 16.3. The van der Waals surface area contributed by atoms with Gasteiger partial charge in [0.15, 0.2) is 0 Å². The Morgan fingerprint density at radius 1 is 1.10 bits per heavy atom. The van der Waals surface area contributed by atoms with Crippen molar-refractivity contribution in [3.63, 3.8) is 0 Å². The molecule has 5 rings (SSSR count). The second-order valence-electron chi connectivity index (χ2n) is 7.79. The molecule has 3 aromatic rings. The first-order chi connectivity index (χ1) is 14.9. The summed E-state index contributed by atoms with van der Waals surface area (Å²) in [6, 6.07) is 15.9. The monoisotopic (exact) mass is 434 g/mol. The van der Waals surface area contributed by atoms with Crippen molar-refractivity contribution in [3.8, 4) is 11.8 Å². The van der Waals surface area contributed by atoms with Gasteiger partial charge in [0.05, 0.1) is 16.0 Å². The molecule has 0 radical (unpaired) electrons. The number of carbonyl (C=O) groups is 1. The Hall–Kier alpha value is -3.48. The number of pyridine rings is 1. The number of carbonyl (C=O) groups excluding carboxylic acids is 1. The summed E-state index contributed by atoms with van der Waals surface area (Å²) in [4.78, 5) is 19.0. The maximum Gasteiger partial charge on any atom is 0.272 e. The molecular weight excluding hydrogens is 416 g/mol. The van der Waals surface area contributed by atoms with E-state index in [-0.39, 0.29) is 46.3 Å². The van der Waals surface area contributed by atoms with E-state index in [0.717, 1.165) is 5.39 Å². The lowest BCUT2D eigenvalue weighted by molar-refractivity contribution is 0.0783. The van der Waals surface area contributed by atoms with Gasteiger partial charge in [0, 0.05) is 37.0 Å². The van der Waals surface area contributed by atoms with Crippen molar-refractivity contribution < 1.29 is 18.3 Å². The number of fused-ring (bicyclic) bond motifs is 2. The summed E-state index contributed by atoms with van der Waals surface area (Å²) >= 11 is 0. The number of likely N-dealkylation sites (tertiary alicyclic amines) is 1. The molecule has 1 N–H and O–H groups in total. The Labute approximate surface area is 179 Å². The first kappa shape index (κ1) is 19.5. The lowest BCUT2D eigenvalue weighted by Crippen LogP contribution is -2.57. The topological polar surface area (TPSA) is 115 Å². The molecule has 8 nitrogen and oxygen atoms in total. The molecule has 0 spiro atoms. The lowest BCUT2D eigenvalue weighted by Gasteiger charge is -2.41. The number of rotatable bonds is 3. The van der Waals surface area contributed by atoms with Crippen molar-refractivity contribution in [2.24, 2.45) is 5.92 Å². The smallest absolute Gasteiger partial charge is 0.272 e. The molecule has 2 atom stereocenters. The van der Waals surface area contributed by atoms with Gasteiger partial charge in [0.2, 0.25) is 10.0 Å². The van der Waals surface area contributed by atoms with Crippen LogP contribution in [0.4, 0.5) is 0 Å². The van der Waals surface area contributed by atoms with Crippen LogP contribution in [-0.2, 0) is 10.0 Å². The van der Waals surface area contributed by atoms with Crippen LogP contribution >= 0.6 is 0 Å². The Morgan fingerprint density at radius 3 is 2.71 bits per heavy atom. The number of nitrogens with zero attached hydrogens (tertiary/aromatic N) is 4. The van der Waals surface area contributed by atoms with Crippen LogP contribution in [0.1, 0.15) is 16.1 Å². The number of hydrogen-bond donors (Lipinski definition) is 1. The van der Waals surface area contributed by atoms with Gasteiger partial charge >= 0.3 is 0 Å². The summed E-state index contributed by atoms with van der Waals surface area (Å²) < 4.78 is 27.6. The quantitative estimate of drug-likeness (QED) is 0.674. The molecule has 1 aromatic heterocycles. The van der Waals surface area contributed by atoms with Crippen LogP contribution in [0.25, 0.3) is 10.9 Å². The minimum absolute atomic E-state index is 0.000162. The highest BCUT2D eigenvalue weighted by Gasteiger charge is 2.52. The van der Waals surface area contributed by atoms with Crippen molar-refractivity contribution in [1.82, 2.24) is 14.2 Å². The molecule has 2 aliphatic rings. The third-order valence-electron chi connectivity index (χ3n) is 5.96. The first-order valence-corrected chi connectivity index (χ1v) is 11.2. The number of amides is 1. The molecule has 31 heavy (non-hydrogen) atoms. The van der Waals surface area contributed by atoms with Crippen molar-refractivity contribution in [3.05, 3.63) is 65.9 Å². The molecular formula is C22H18N4O4S. The average Bonchev–Trinajstić information content (AvgIpc) is 3.08. The van der Waals surface area contributed by atoms with Crippen molar-refractivity contribution >= 4 is 26.8 Å². The first-order valence-electron chi connectivity index (χ1n) is 9.78. The highest BCUT2D eigenvalue weighted by atomic mass is 32.2. The third-order valence-corrected chi connectivity index (χ3v) is 7.91. The van der Waals surface area contributed by atoms with Gasteiger partial charge in [-0.15, -0.1) is 0 Å². The second-order valence-corrected chi connectivity index (χ2v) is 9.65. The van der Waals surface area contributed by atoms with Gasteiger partial charge in [0.1, 0.15) is 17.5 Å². The number of hydrogen-bond acceptors (Lipinski definition) is 6. The van der Waals surface area contributed by atoms with E-state index in [0.29, 0.717) is 18.6 Å². The minimum atomic E-state index is -3.81. The Balaban J connectivity index is 1.36. The zero-order chi connectivity index (χ0) is 21.8. The summed E-state index contributed by atoms with van der Waals surface area (Å²) in [5, 5.41) is 19.6. The number of nitriles is 1. The molecule has 0 unspecified atom stereocenters. The fourth-order valence-corrected chi connectivity index (χ4v) is 6.21. The SMILES string of the molecule is N#Cc1ccccc1S(=O)(=O)N1C[C@@H]2CN(C(=O)c3ccc4cc(O)ccc4n3)C[C@H]21. The predicted octanol–water partition coefficient (Wildman–Crippen LogP) is 1.96. The third kappa shape index (κ3) is 3.12. The lowest BCUT2D eigenvalue weighted by atomic mass is 9.96. The molecule has 2 aliphatic heterocycles. The molecule has 156 valence electrons. The molecule has 0 saturated carbocycles. The van der Waals surface area contributed by atoms with Crippen LogP contribution in [0.15, 0.2) is 59.5 Å². The summed E-state index contributed by atoms with van der Waals surface area (Å²) in [6.45, 7) is 1.07. The minimum Gasteiger partial charge on any atom is -0.508 e. The zero-order valence-corrected chi connectivity index (χ0v) is 17.2. The number of phenolic OH excluding ortho intramolecular Hbond substituents is 1. The molecule has 0 aliphatic carbocycles. The summed E-state index contributed by atoms with van der Waals surface area (Å²) in [6.07, 6.45) is 0. The van der Waals surface area contributed by atoms with E-state index in [1.165, 1.54) is 22.5 Å². The molecule has 9 heteroatoms. The van der Waals surface area contributed by atoms with Crippen LogP contribution < -0.4 is 0 Å². The number of benzene rings is 2. The molecule has 3 heterocycles. The standard InChI is InChI=1S/C22H18N4O4S/c23-10-15-3-1-2-4-21(15)31(29,30)26-12-16-11-25(13-20(16)26)22(28)19-7-5-14-9-17(27)6-8-18(14)24-19/h1-9,16,20,27H,11-13H2/t16-,20+/m0/s1. The van der Waals surface area contributed by atoms with E-state index >= 15 is 0 Å². The number of aromatic nitrogens is 1. The summed E-state index contributed by atoms with van der Waals surface area (Å²) in [5.74, 6) is -0.0618. The maximum absolute atomic E-state index is 13.1. The van der Waals surface area contributed by atoms with E-state index in [4.69, 9.17) is 0 Å². The highest BCUT2D eigenvalue weighted by molar-refractivity contribution is 7.89. The molecule has 2 aromatic carbocycles. The van der Waals surface area contributed by atoms with Crippen molar-refractivity contribution in [1.29, 1.82) is 5.26 Å². The summed E-state index contributed by atoms with van der Waals surface area (Å²) in [7, 11) is -3.81. The number of phenols is 1. The second kappa shape index (κ2) is 7.04. The van der Waals surface area contributed by atoms with Gasteiger partial charge in [-0.3, -0.25) is 4.79 Å². The van der Waals surface area contributed by atoms with Crippen LogP contribution in [-0.4, -0.2) is 59.3 Å². The fraction of sp³-hybridized carbons (Fsp3) is 0.227. The van der Waals surface area contributed by atoms with E-state index in [1.54, 1.807) is 41.3 Å². The Morgan fingerprint density at radius 2 is 1.90 bits per heavy atom. The molecule has 2 fully saturated rings. The Bertz CT molecular complexity index is 1370. The van der Waals surface area contributed by atoms with Crippen LogP contribution in [0, 0.1) is 17.2 Å². The normalized spacial score (nSPS) is 20.8. The average molecular weight is 434 g/mol. The van der Waals surface area contributed by atoms with Gasteiger partial charge in [-0.2, -0.15) is 9.57 Å². The van der Waals surface area contributed by atoms with Gasteiger partial charge in [-0.25, -0.2) is 13.4 Å². The van der Waals surface area contributed by atoms with Crippen LogP contribution in [0.5, 0.6) is 5.75 Å². The predicted molar refractivity (Wildman–Crippen MR) is 112 cm³/mol. The van der Waals surface area contributed by atoms with E-state index in [2.05, 4.69) is 4.98 Å². The van der Waals surface area contributed by atoms with Gasteiger partial charge in [0.25, 0.3) is 5.91 Å². The molecule has 0 bridgehead atoms. The van der Waals surface area contributed by atoms with E-state index in [1.807, 2.05) is 6.07 Å². The van der Waals surface area contributed by atoms with Crippen LogP contribution in [0.2, 0.25) is 0 Å². The van der Waals surface area contributed by atoms with Crippen molar-refractivity contribution in [2.45, 2.75) is 10.9 Å². The Kier molecular flexibility index (Phi) is 4.43. The highest BCUT2D eigenvalue weighted by Crippen LogP contribution is 2.38. The number of sulfonamides is 1. The van der Waals surface area contributed by atoms with Crippen molar-refractivity contribution in [2.75, 3.05) is 19.6 Å². The van der Waals surface area contributed by atoms with Crippen LogP contribution in [0.3, 0.4) is 0 Å². The largest absolute Gasteiger partial charge is 0.508 e. The van der Waals surface area contributed by atoms with E-state index < -0.39 is 10.0 Å². The number of aromatic hydroxyl groups is 1. The summed E-state index contributed by atoms with van der Waals surface area (Å²) in [5.41, 5.74) is 0.995. The fourth-order valence-electron chi connectivity index (χ4n) is 4.33. The van der Waals surface area contributed by atoms with Gasteiger partial charge in [-0.05, 0) is 36.4 Å².